The normalized spacial score (nSPS) is 18.7. The highest BCUT2D eigenvalue weighted by atomic mass is 16.5. The lowest BCUT2D eigenvalue weighted by Crippen LogP contribution is -2.32. The molecule has 0 aromatic heterocycles. The van der Waals surface area contributed by atoms with E-state index in [9.17, 15) is 4.79 Å². The van der Waals surface area contributed by atoms with Gasteiger partial charge in [0.2, 0.25) is 0 Å². The van der Waals surface area contributed by atoms with Gasteiger partial charge in [-0.2, -0.15) is 0 Å². The smallest absolute Gasteiger partial charge is 0.254 e. The van der Waals surface area contributed by atoms with Gasteiger partial charge in [-0.05, 0) is 67.6 Å². The number of rotatable bonds is 8. The summed E-state index contributed by atoms with van der Waals surface area (Å²) in [5.41, 5.74) is 1.81. The van der Waals surface area contributed by atoms with Crippen LogP contribution in [-0.4, -0.2) is 43.3 Å². The number of carbonyl (C=O) groups is 1. The fourth-order valence-corrected chi connectivity index (χ4v) is 3.51. The van der Waals surface area contributed by atoms with Gasteiger partial charge in [0.25, 0.3) is 5.91 Å². The molecule has 0 N–H and O–H groups in total. The van der Waals surface area contributed by atoms with Crippen molar-refractivity contribution in [1.82, 2.24) is 4.90 Å². The molecule has 0 radical (unpaired) electrons. The van der Waals surface area contributed by atoms with E-state index in [1.165, 1.54) is 0 Å². The zero-order chi connectivity index (χ0) is 19.3. The minimum Gasteiger partial charge on any atom is -0.497 e. The molecular formula is C23H27NO4. The molecule has 2 aromatic carbocycles. The van der Waals surface area contributed by atoms with Crippen molar-refractivity contribution < 1.29 is 19.0 Å². The lowest BCUT2D eigenvalue weighted by Gasteiger charge is -2.23. The van der Waals surface area contributed by atoms with E-state index >= 15 is 0 Å². The molecule has 4 rings (SSSR count). The highest BCUT2D eigenvalue weighted by Crippen LogP contribution is 2.30. The van der Waals surface area contributed by atoms with Crippen LogP contribution < -0.4 is 9.47 Å². The van der Waals surface area contributed by atoms with Crippen molar-refractivity contribution in [3.8, 4) is 11.5 Å². The molecule has 5 nitrogen and oxygen atoms in total. The highest BCUT2D eigenvalue weighted by molar-refractivity contribution is 5.94. The average molecular weight is 381 g/mol. The lowest BCUT2D eigenvalue weighted by molar-refractivity contribution is 0.0678. The summed E-state index contributed by atoms with van der Waals surface area (Å²) in [7, 11) is 1.66. The van der Waals surface area contributed by atoms with Gasteiger partial charge in [-0.15, -0.1) is 0 Å². The first-order chi connectivity index (χ1) is 13.7. The van der Waals surface area contributed by atoms with Crippen LogP contribution in [0.4, 0.5) is 0 Å². The van der Waals surface area contributed by atoms with Crippen LogP contribution in [0, 0.1) is 0 Å². The summed E-state index contributed by atoms with van der Waals surface area (Å²) in [6.07, 6.45) is 4.50. The van der Waals surface area contributed by atoms with E-state index in [2.05, 4.69) is 0 Å². The van der Waals surface area contributed by atoms with Gasteiger partial charge < -0.3 is 19.1 Å². The molecule has 1 aliphatic heterocycles. The molecule has 1 unspecified atom stereocenters. The van der Waals surface area contributed by atoms with Crippen LogP contribution in [0.25, 0.3) is 0 Å². The number of nitrogens with zero attached hydrogens (tertiary/aromatic N) is 1. The number of hydrogen-bond donors (Lipinski definition) is 0. The Balaban J connectivity index is 1.38. The first kappa shape index (κ1) is 18.8. The quantitative estimate of drug-likeness (QED) is 0.692. The Labute approximate surface area is 166 Å². The maximum Gasteiger partial charge on any atom is 0.254 e. The predicted molar refractivity (Wildman–Crippen MR) is 107 cm³/mol. The van der Waals surface area contributed by atoms with Crippen LogP contribution in [0.1, 0.15) is 41.6 Å². The molecule has 2 aliphatic rings. The zero-order valence-electron chi connectivity index (χ0n) is 16.3. The molecule has 0 spiro atoms. The summed E-state index contributed by atoms with van der Waals surface area (Å²) in [5.74, 6) is 1.68. The molecule has 1 amide bonds. The third kappa shape index (κ3) is 4.65. The van der Waals surface area contributed by atoms with Crippen molar-refractivity contribution in [2.45, 2.75) is 44.4 Å². The predicted octanol–water partition coefficient (Wildman–Crippen LogP) is 4.06. The van der Waals surface area contributed by atoms with Gasteiger partial charge in [-0.1, -0.05) is 12.1 Å². The summed E-state index contributed by atoms with van der Waals surface area (Å²) >= 11 is 0. The Morgan fingerprint density at radius 3 is 2.36 bits per heavy atom. The van der Waals surface area contributed by atoms with Crippen LogP contribution in [-0.2, 0) is 11.3 Å². The van der Waals surface area contributed by atoms with Crippen molar-refractivity contribution in [3.05, 3.63) is 59.7 Å². The maximum atomic E-state index is 13.1. The highest BCUT2D eigenvalue weighted by Gasteiger charge is 2.33. The van der Waals surface area contributed by atoms with E-state index < -0.39 is 0 Å². The summed E-state index contributed by atoms with van der Waals surface area (Å²) in [4.78, 5) is 15.0. The van der Waals surface area contributed by atoms with Gasteiger partial charge in [-0.3, -0.25) is 4.79 Å². The van der Waals surface area contributed by atoms with Crippen molar-refractivity contribution in [2.24, 2.45) is 0 Å². The Kier molecular flexibility index (Phi) is 5.81. The Bertz CT molecular complexity index is 777. The lowest BCUT2D eigenvalue weighted by atomic mass is 10.1. The van der Waals surface area contributed by atoms with Gasteiger partial charge in [0.1, 0.15) is 18.1 Å². The van der Waals surface area contributed by atoms with Gasteiger partial charge in [-0.25, -0.2) is 0 Å². The molecular weight excluding hydrogens is 354 g/mol. The third-order valence-electron chi connectivity index (χ3n) is 5.32. The van der Waals surface area contributed by atoms with E-state index in [0.29, 0.717) is 24.8 Å². The average Bonchev–Trinajstić information content (AvgIpc) is 3.45. The Morgan fingerprint density at radius 1 is 1.04 bits per heavy atom. The summed E-state index contributed by atoms with van der Waals surface area (Å²) in [5, 5.41) is 0. The molecule has 2 fully saturated rings. The molecule has 1 heterocycles. The fourth-order valence-electron chi connectivity index (χ4n) is 3.51. The number of ether oxygens (including phenoxy) is 3. The molecule has 5 heteroatoms. The molecule has 1 aliphatic carbocycles. The third-order valence-corrected chi connectivity index (χ3v) is 5.32. The number of hydrogen-bond acceptors (Lipinski definition) is 4. The summed E-state index contributed by atoms with van der Waals surface area (Å²) in [6.45, 7) is 2.01. The van der Waals surface area contributed by atoms with E-state index in [1.54, 1.807) is 7.11 Å². The van der Waals surface area contributed by atoms with Crippen molar-refractivity contribution >= 4 is 5.91 Å². The minimum atomic E-state index is 0.0731. The van der Waals surface area contributed by atoms with E-state index in [-0.39, 0.29) is 12.0 Å². The monoisotopic (exact) mass is 381 g/mol. The van der Waals surface area contributed by atoms with Crippen LogP contribution >= 0.6 is 0 Å². The minimum absolute atomic E-state index is 0.0731. The number of benzene rings is 2. The SMILES string of the molecule is COc1ccc(CN(C(=O)c2ccc(OCC3CCCO3)cc2)C2CC2)cc1. The topological polar surface area (TPSA) is 48.0 Å². The van der Waals surface area contributed by atoms with Crippen LogP contribution in [0.2, 0.25) is 0 Å². The first-order valence-corrected chi connectivity index (χ1v) is 10.0. The Morgan fingerprint density at radius 2 is 1.75 bits per heavy atom. The largest absolute Gasteiger partial charge is 0.497 e. The first-order valence-electron chi connectivity index (χ1n) is 10.0. The summed E-state index contributed by atoms with van der Waals surface area (Å²) in [6, 6.07) is 15.7. The molecule has 1 atom stereocenters. The number of carbonyl (C=O) groups excluding carboxylic acids is 1. The van der Waals surface area contributed by atoms with E-state index in [0.717, 1.165) is 49.4 Å². The Hall–Kier alpha value is -2.53. The van der Waals surface area contributed by atoms with Gasteiger partial charge in [0, 0.05) is 24.8 Å². The molecule has 1 saturated carbocycles. The van der Waals surface area contributed by atoms with Crippen LogP contribution in [0.5, 0.6) is 11.5 Å². The molecule has 2 aromatic rings. The standard InChI is InChI=1S/C23H27NO4/c1-26-20-10-4-17(5-11-20)15-24(19-8-9-19)23(25)18-6-12-21(13-7-18)28-16-22-3-2-14-27-22/h4-7,10-13,19,22H,2-3,8-9,14-16H2,1H3. The van der Waals surface area contributed by atoms with Gasteiger partial charge in [0.05, 0.1) is 13.2 Å². The van der Waals surface area contributed by atoms with Crippen molar-refractivity contribution in [1.29, 1.82) is 0 Å². The second kappa shape index (κ2) is 8.65. The number of amides is 1. The zero-order valence-corrected chi connectivity index (χ0v) is 16.3. The maximum absolute atomic E-state index is 13.1. The molecule has 148 valence electrons. The molecule has 0 bridgehead atoms. The van der Waals surface area contributed by atoms with Crippen LogP contribution in [0.3, 0.4) is 0 Å². The van der Waals surface area contributed by atoms with Crippen molar-refractivity contribution in [2.75, 3.05) is 20.3 Å². The van der Waals surface area contributed by atoms with Crippen LogP contribution in [0.15, 0.2) is 48.5 Å². The molecule has 28 heavy (non-hydrogen) atoms. The fraction of sp³-hybridized carbons (Fsp3) is 0.435. The second-order valence-corrected chi connectivity index (χ2v) is 7.48. The van der Waals surface area contributed by atoms with E-state index in [4.69, 9.17) is 14.2 Å². The van der Waals surface area contributed by atoms with Crippen molar-refractivity contribution in [3.63, 3.8) is 0 Å². The van der Waals surface area contributed by atoms with Gasteiger partial charge in [0.15, 0.2) is 0 Å². The number of methoxy groups -OCH3 is 1. The van der Waals surface area contributed by atoms with Gasteiger partial charge >= 0.3 is 0 Å². The second-order valence-electron chi connectivity index (χ2n) is 7.48. The van der Waals surface area contributed by atoms with E-state index in [1.807, 2.05) is 53.4 Å². The molecule has 1 saturated heterocycles. The summed E-state index contributed by atoms with van der Waals surface area (Å²) < 4.78 is 16.6.